The fourth-order valence-corrected chi connectivity index (χ4v) is 2.26. The van der Waals surface area contributed by atoms with Crippen molar-refractivity contribution in [3.05, 3.63) is 59.7 Å². The molecule has 7 nitrogen and oxygen atoms in total. The molecule has 0 aliphatic rings. The van der Waals surface area contributed by atoms with Crippen LogP contribution in [0.15, 0.2) is 48.5 Å². The van der Waals surface area contributed by atoms with Crippen LogP contribution in [0.2, 0.25) is 0 Å². The van der Waals surface area contributed by atoms with Crippen molar-refractivity contribution in [3.63, 3.8) is 0 Å². The number of ether oxygens (including phenoxy) is 2. The van der Waals surface area contributed by atoms with Crippen molar-refractivity contribution in [3.8, 4) is 0 Å². The zero-order valence-corrected chi connectivity index (χ0v) is 15.3. The van der Waals surface area contributed by atoms with E-state index in [1.165, 1.54) is 12.1 Å². The van der Waals surface area contributed by atoms with E-state index in [0.717, 1.165) is 12.0 Å². The highest BCUT2D eigenvalue weighted by atomic mass is 16.5. The summed E-state index contributed by atoms with van der Waals surface area (Å²) in [7, 11) is 0. The molecule has 0 spiro atoms. The highest BCUT2D eigenvalue weighted by Crippen LogP contribution is 2.12. The molecule has 0 bridgehead atoms. The van der Waals surface area contributed by atoms with Gasteiger partial charge in [0.2, 0.25) is 0 Å². The first-order valence-corrected chi connectivity index (χ1v) is 8.61. The Morgan fingerprint density at radius 2 is 1.63 bits per heavy atom. The molecule has 2 aromatic rings. The number of benzene rings is 2. The van der Waals surface area contributed by atoms with E-state index in [9.17, 15) is 14.4 Å². The standard InChI is InChI=1S/C20H22N2O5/c1-3-14-6-5-7-17(12-14)21-18(23)13-27-19(24)15-8-10-16(11-9-15)22-20(25)26-4-2/h5-12H,3-4,13H2,1-2H3,(H,21,23)(H,22,25). The van der Waals surface area contributed by atoms with Crippen molar-refractivity contribution < 1.29 is 23.9 Å². The molecule has 0 atom stereocenters. The van der Waals surface area contributed by atoms with Gasteiger partial charge in [-0.05, 0) is 55.3 Å². The number of rotatable bonds is 7. The quantitative estimate of drug-likeness (QED) is 0.726. The minimum atomic E-state index is -0.629. The van der Waals surface area contributed by atoms with Crippen LogP contribution in [-0.4, -0.2) is 31.2 Å². The van der Waals surface area contributed by atoms with Crippen LogP contribution < -0.4 is 10.6 Å². The number of amides is 2. The van der Waals surface area contributed by atoms with E-state index in [4.69, 9.17) is 9.47 Å². The van der Waals surface area contributed by atoms with Crippen molar-refractivity contribution in [2.24, 2.45) is 0 Å². The molecule has 0 aliphatic carbocycles. The fourth-order valence-electron chi connectivity index (χ4n) is 2.26. The van der Waals surface area contributed by atoms with Crippen LogP contribution in [0.4, 0.5) is 16.2 Å². The Kier molecular flexibility index (Phi) is 7.37. The fraction of sp³-hybridized carbons (Fsp3) is 0.250. The Morgan fingerprint density at radius 3 is 2.30 bits per heavy atom. The number of carbonyl (C=O) groups is 3. The molecule has 0 saturated heterocycles. The molecule has 0 saturated carbocycles. The summed E-state index contributed by atoms with van der Waals surface area (Å²) in [6.07, 6.45) is 0.288. The van der Waals surface area contributed by atoms with Gasteiger partial charge in [0.25, 0.3) is 5.91 Å². The predicted molar refractivity (Wildman–Crippen MR) is 102 cm³/mol. The van der Waals surface area contributed by atoms with Gasteiger partial charge in [-0.2, -0.15) is 0 Å². The molecule has 2 N–H and O–H groups in total. The van der Waals surface area contributed by atoms with Crippen LogP contribution in [0.3, 0.4) is 0 Å². The van der Waals surface area contributed by atoms with E-state index in [1.807, 2.05) is 25.1 Å². The van der Waals surface area contributed by atoms with Crippen LogP contribution in [0.25, 0.3) is 0 Å². The molecule has 142 valence electrons. The Bertz CT molecular complexity index is 802. The van der Waals surface area contributed by atoms with Crippen LogP contribution in [0.5, 0.6) is 0 Å². The molecule has 0 fully saturated rings. The number of esters is 1. The number of carbonyl (C=O) groups excluding carboxylic acids is 3. The third kappa shape index (κ3) is 6.47. The molecule has 2 aromatic carbocycles. The van der Waals surface area contributed by atoms with Gasteiger partial charge in [-0.25, -0.2) is 9.59 Å². The van der Waals surface area contributed by atoms with Crippen LogP contribution in [-0.2, 0) is 20.7 Å². The molecule has 0 radical (unpaired) electrons. The number of nitrogens with one attached hydrogen (secondary N) is 2. The summed E-state index contributed by atoms with van der Waals surface area (Å²) in [4.78, 5) is 35.3. The first-order chi connectivity index (χ1) is 13.0. The van der Waals surface area contributed by atoms with E-state index in [0.29, 0.717) is 11.4 Å². The summed E-state index contributed by atoms with van der Waals surface area (Å²) >= 11 is 0. The highest BCUT2D eigenvalue weighted by molar-refractivity contribution is 5.96. The number of hydrogen-bond donors (Lipinski definition) is 2. The second kappa shape index (κ2) is 9.96. The molecule has 0 aliphatic heterocycles. The molecule has 0 aromatic heterocycles. The summed E-state index contributed by atoms with van der Waals surface area (Å²) in [6.45, 7) is 3.60. The van der Waals surface area contributed by atoms with Gasteiger partial charge < -0.3 is 14.8 Å². The van der Waals surface area contributed by atoms with Gasteiger partial charge in [-0.15, -0.1) is 0 Å². The van der Waals surface area contributed by atoms with Gasteiger partial charge in [0.15, 0.2) is 6.61 Å². The van der Waals surface area contributed by atoms with Crippen molar-refractivity contribution in [2.45, 2.75) is 20.3 Å². The van der Waals surface area contributed by atoms with Gasteiger partial charge in [-0.1, -0.05) is 19.1 Å². The molecule has 2 rings (SSSR count). The highest BCUT2D eigenvalue weighted by Gasteiger charge is 2.11. The second-order valence-corrected chi connectivity index (χ2v) is 5.60. The van der Waals surface area contributed by atoms with Gasteiger partial charge in [0, 0.05) is 11.4 Å². The zero-order chi connectivity index (χ0) is 19.6. The van der Waals surface area contributed by atoms with Crippen LogP contribution >= 0.6 is 0 Å². The van der Waals surface area contributed by atoms with Crippen molar-refractivity contribution >= 4 is 29.3 Å². The van der Waals surface area contributed by atoms with Crippen molar-refractivity contribution in [1.29, 1.82) is 0 Å². The number of anilines is 2. The summed E-state index contributed by atoms with van der Waals surface area (Å²) in [6, 6.07) is 13.5. The lowest BCUT2D eigenvalue weighted by atomic mass is 10.1. The monoisotopic (exact) mass is 370 g/mol. The maximum Gasteiger partial charge on any atom is 0.411 e. The number of aryl methyl sites for hydroxylation is 1. The Balaban J connectivity index is 1.84. The topological polar surface area (TPSA) is 93.7 Å². The predicted octanol–water partition coefficient (Wildman–Crippen LogP) is 3.61. The van der Waals surface area contributed by atoms with E-state index < -0.39 is 24.6 Å². The van der Waals surface area contributed by atoms with Crippen LogP contribution in [0.1, 0.15) is 29.8 Å². The average molecular weight is 370 g/mol. The zero-order valence-electron chi connectivity index (χ0n) is 15.3. The Morgan fingerprint density at radius 1 is 0.889 bits per heavy atom. The van der Waals surface area contributed by atoms with Gasteiger partial charge in [0.05, 0.1) is 12.2 Å². The van der Waals surface area contributed by atoms with Gasteiger partial charge in [0.1, 0.15) is 0 Å². The van der Waals surface area contributed by atoms with E-state index in [1.54, 1.807) is 25.1 Å². The SMILES string of the molecule is CCOC(=O)Nc1ccc(C(=O)OCC(=O)Nc2cccc(CC)c2)cc1. The molecule has 2 amide bonds. The Labute approximate surface area is 157 Å². The minimum Gasteiger partial charge on any atom is -0.452 e. The first-order valence-electron chi connectivity index (χ1n) is 8.61. The Hall–Kier alpha value is -3.35. The van der Waals surface area contributed by atoms with Gasteiger partial charge >= 0.3 is 12.1 Å². The van der Waals surface area contributed by atoms with E-state index in [-0.39, 0.29) is 12.2 Å². The minimum absolute atomic E-state index is 0.265. The lowest BCUT2D eigenvalue weighted by Crippen LogP contribution is -2.21. The summed E-state index contributed by atoms with van der Waals surface area (Å²) < 4.78 is 9.78. The molecular formula is C20H22N2O5. The lowest BCUT2D eigenvalue weighted by molar-refractivity contribution is -0.119. The molecule has 7 heteroatoms. The maximum atomic E-state index is 12.0. The van der Waals surface area contributed by atoms with Crippen molar-refractivity contribution in [1.82, 2.24) is 0 Å². The molecular weight excluding hydrogens is 348 g/mol. The molecule has 0 heterocycles. The molecule has 27 heavy (non-hydrogen) atoms. The van der Waals surface area contributed by atoms with Gasteiger partial charge in [-0.3, -0.25) is 10.1 Å². The second-order valence-electron chi connectivity index (χ2n) is 5.60. The smallest absolute Gasteiger partial charge is 0.411 e. The van der Waals surface area contributed by atoms with E-state index in [2.05, 4.69) is 10.6 Å². The third-order valence-corrected chi connectivity index (χ3v) is 3.60. The normalized spacial score (nSPS) is 10.0. The van der Waals surface area contributed by atoms with Crippen LogP contribution in [0, 0.1) is 0 Å². The van der Waals surface area contributed by atoms with E-state index >= 15 is 0 Å². The third-order valence-electron chi connectivity index (χ3n) is 3.60. The summed E-state index contributed by atoms with van der Waals surface area (Å²) in [5.41, 5.74) is 2.51. The van der Waals surface area contributed by atoms with Crippen molar-refractivity contribution in [2.75, 3.05) is 23.8 Å². The average Bonchev–Trinajstić information content (AvgIpc) is 2.67. The first kappa shape index (κ1) is 20.0. The largest absolute Gasteiger partial charge is 0.452 e. The number of hydrogen-bond acceptors (Lipinski definition) is 5. The maximum absolute atomic E-state index is 12.0. The summed E-state index contributed by atoms with van der Waals surface area (Å²) in [5, 5.41) is 5.21. The molecule has 0 unspecified atom stereocenters. The lowest BCUT2D eigenvalue weighted by Gasteiger charge is -2.08. The summed E-state index contributed by atoms with van der Waals surface area (Å²) in [5.74, 6) is -1.05.